The molecule has 4 rings (SSSR count). The molecular formula is C16H20N8. The number of hydrogen-bond donors (Lipinski definition) is 0. The van der Waals surface area contributed by atoms with Crippen molar-refractivity contribution >= 4 is 23.7 Å². The van der Waals surface area contributed by atoms with Crippen LogP contribution >= 0.6 is 0 Å². The molecule has 0 aliphatic carbocycles. The van der Waals surface area contributed by atoms with E-state index in [0.717, 1.165) is 36.1 Å². The average Bonchev–Trinajstić information content (AvgIpc) is 3.28. The number of aryl methyl sites for hydroxylation is 3. The molecule has 8 heteroatoms. The molecule has 0 aromatic carbocycles. The molecule has 0 unspecified atom stereocenters. The number of fused-ring (bicyclic) bond motifs is 1. The highest BCUT2D eigenvalue weighted by Gasteiger charge is 2.17. The summed E-state index contributed by atoms with van der Waals surface area (Å²) in [6.07, 6.45) is 7.95. The molecule has 0 N–H and O–H groups in total. The van der Waals surface area contributed by atoms with E-state index in [-0.39, 0.29) is 0 Å². The zero-order valence-corrected chi connectivity index (χ0v) is 14.1. The summed E-state index contributed by atoms with van der Waals surface area (Å²) in [5.41, 5.74) is 1.83. The van der Waals surface area contributed by atoms with Gasteiger partial charge in [0.1, 0.15) is 5.82 Å². The van der Waals surface area contributed by atoms with Crippen LogP contribution in [0, 0.1) is 13.8 Å². The molecular weight excluding hydrogens is 304 g/mol. The third-order valence-electron chi connectivity index (χ3n) is 4.25. The van der Waals surface area contributed by atoms with Crippen LogP contribution in [-0.2, 0) is 7.05 Å². The van der Waals surface area contributed by atoms with E-state index in [4.69, 9.17) is 0 Å². The molecule has 0 spiro atoms. The molecule has 0 radical (unpaired) electrons. The number of rotatable bonds is 3. The Morgan fingerprint density at radius 3 is 2.42 bits per heavy atom. The molecule has 1 saturated heterocycles. The highest BCUT2D eigenvalue weighted by atomic mass is 15.4. The van der Waals surface area contributed by atoms with Gasteiger partial charge in [0.05, 0.1) is 0 Å². The van der Waals surface area contributed by atoms with E-state index in [2.05, 4.69) is 30.0 Å². The van der Waals surface area contributed by atoms with E-state index >= 15 is 0 Å². The van der Waals surface area contributed by atoms with Crippen molar-refractivity contribution in [2.75, 3.05) is 18.0 Å². The number of anilines is 1. The van der Waals surface area contributed by atoms with E-state index in [9.17, 15) is 0 Å². The molecule has 8 nitrogen and oxygen atoms in total. The first-order valence-electron chi connectivity index (χ1n) is 8.15. The second-order valence-corrected chi connectivity index (χ2v) is 6.11. The maximum Gasteiger partial charge on any atom is 0.224 e. The van der Waals surface area contributed by atoms with Crippen LogP contribution in [0.2, 0.25) is 0 Å². The number of nitrogens with zero attached hydrogens (tertiary/aromatic N) is 8. The van der Waals surface area contributed by atoms with Crippen LogP contribution in [0.15, 0.2) is 6.20 Å². The van der Waals surface area contributed by atoms with Gasteiger partial charge in [0.15, 0.2) is 17.3 Å². The van der Waals surface area contributed by atoms with E-state index in [1.165, 1.54) is 12.8 Å². The van der Waals surface area contributed by atoms with Crippen molar-refractivity contribution in [1.82, 2.24) is 34.3 Å². The molecule has 0 atom stereocenters. The molecule has 0 amide bonds. The molecule has 1 fully saturated rings. The Hall–Kier alpha value is -2.77. The van der Waals surface area contributed by atoms with Crippen LogP contribution in [0.4, 0.5) is 5.95 Å². The fraction of sp³-hybridized carbons (Fsp3) is 0.438. The van der Waals surface area contributed by atoms with Gasteiger partial charge in [-0.05, 0) is 38.8 Å². The van der Waals surface area contributed by atoms with Gasteiger partial charge in [0.2, 0.25) is 5.95 Å². The van der Waals surface area contributed by atoms with E-state index < -0.39 is 0 Å². The Bertz CT molecular complexity index is 875. The van der Waals surface area contributed by atoms with Crippen LogP contribution in [0.5, 0.6) is 0 Å². The van der Waals surface area contributed by atoms with E-state index in [0.29, 0.717) is 11.6 Å². The van der Waals surface area contributed by atoms with Crippen molar-refractivity contribution in [2.24, 2.45) is 7.05 Å². The summed E-state index contributed by atoms with van der Waals surface area (Å²) < 4.78 is 3.59. The third-order valence-corrected chi connectivity index (χ3v) is 4.25. The van der Waals surface area contributed by atoms with Crippen LogP contribution in [0.25, 0.3) is 17.8 Å². The quantitative estimate of drug-likeness (QED) is 0.729. The Morgan fingerprint density at radius 2 is 1.71 bits per heavy atom. The minimum absolute atomic E-state index is 0.629. The second kappa shape index (κ2) is 5.70. The fourth-order valence-electron chi connectivity index (χ4n) is 2.99. The van der Waals surface area contributed by atoms with E-state index in [1.54, 1.807) is 4.52 Å². The van der Waals surface area contributed by atoms with Crippen molar-refractivity contribution < 1.29 is 0 Å². The lowest BCUT2D eigenvalue weighted by atomic mass is 10.3. The van der Waals surface area contributed by atoms with Gasteiger partial charge < -0.3 is 4.90 Å². The Kier molecular flexibility index (Phi) is 3.51. The summed E-state index contributed by atoms with van der Waals surface area (Å²) in [5.74, 6) is 3.04. The van der Waals surface area contributed by atoms with Crippen molar-refractivity contribution in [3.8, 4) is 0 Å². The van der Waals surface area contributed by atoms with E-state index in [1.807, 2.05) is 43.9 Å². The van der Waals surface area contributed by atoms with Crippen LogP contribution in [0.3, 0.4) is 0 Å². The predicted octanol–water partition coefficient (Wildman–Crippen LogP) is 1.64. The van der Waals surface area contributed by atoms with Gasteiger partial charge in [0.25, 0.3) is 0 Å². The minimum atomic E-state index is 0.629. The molecule has 1 aliphatic heterocycles. The lowest BCUT2D eigenvalue weighted by molar-refractivity contribution is 0.733. The highest BCUT2D eigenvalue weighted by Crippen LogP contribution is 2.18. The maximum atomic E-state index is 4.61. The predicted molar refractivity (Wildman–Crippen MR) is 91.6 cm³/mol. The summed E-state index contributed by atoms with van der Waals surface area (Å²) in [7, 11) is 1.93. The van der Waals surface area contributed by atoms with Gasteiger partial charge in [-0.15, -0.1) is 5.10 Å². The monoisotopic (exact) mass is 324 g/mol. The second-order valence-electron chi connectivity index (χ2n) is 6.11. The smallest absolute Gasteiger partial charge is 0.224 e. The summed E-state index contributed by atoms with van der Waals surface area (Å²) >= 11 is 0. The maximum absolute atomic E-state index is 4.61. The molecule has 4 heterocycles. The SMILES string of the molecule is Cc1cnc(C)n2nc(/C=C/c3nc(N4CCCC4)n(C)n3)nc12. The minimum Gasteiger partial charge on any atom is -0.341 e. The van der Waals surface area contributed by atoms with Crippen molar-refractivity contribution in [3.05, 3.63) is 29.2 Å². The summed E-state index contributed by atoms with van der Waals surface area (Å²) in [6, 6.07) is 0. The first-order valence-corrected chi connectivity index (χ1v) is 8.15. The Labute approximate surface area is 139 Å². The molecule has 24 heavy (non-hydrogen) atoms. The summed E-state index contributed by atoms with van der Waals surface area (Å²) in [5, 5.41) is 8.94. The van der Waals surface area contributed by atoms with Crippen LogP contribution in [-0.4, -0.2) is 47.4 Å². The first kappa shape index (κ1) is 14.8. The summed E-state index contributed by atoms with van der Waals surface area (Å²) in [4.78, 5) is 15.7. The standard InChI is InChI=1S/C16H20N8/c1-11-10-17-12(2)24-15(11)18-13(21-24)6-7-14-19-16(22(3)20-14)23-8-4-5-9-23/h6-7,10H,4-5,8-9H2,1-3H3/b7-6+. The van der Waals surface area contributed by atoms with Gasteiger partial charge >= 0.3 is 0 Å². The third kappa shape index (κ3) is 2.53. The highest BCUT2D eigenvalue weighted by molar-refractivity contribution is 5.64. The zero-order valence-electron chi connectivity index (χ0n) is 14.1. The topological polar surface area (TPSA) is 77.0 Å². The van der Waals surface area contributed by atoms with Crippen molar-refractivity contribution in [2.45, 2.75) is 26.7 Å². The molecule has 124 valence electrons. The normalized spacial score (nSPS) is 15.2. The average molecular weight is 324 g/mol. The molecule has 1 aliphatic rings. The molecule has 3 aromatic rings. The molecule has 3 aromatic heterocycles. The lowest BCUT2D eigenvalue weighted by Crippen LogP contribution is -2.21. The zero-order chi connectivity index (χ0) is 16.7. The van der Waals surface area contributed by atoms with Crippen LogP contribution in [0.1, 0.15) is 35.9 Å². The van der Waals surface area contributed by atoms with Crippen molar-refractivity contribution in [3.63, 3.8) is 0 Å². The number of aromatic nitrogens is 7. The largest absolute Gasteiger partial charge is 0.341 e. The van der Waals surface area contributed by atoms with Gasteiger partial charge in [-0.2, -0.15) is 14.6 Å². The van der Waals surface area contributed by atoms with Gasteiger partial charge in [-0.3, -0.25) is 0 Å². The van der Waals surface area contributed by atoms with Gasteiger partial charge in [0, 0.05) is 31.9 Å². The molecule has 0 saturated carbocycles. The van der Waals surface area contributed by atoms with Crippen LogP contribution < -0.4 is 4.90 Å². The Balaban J connectivity index is 1.62. The number of hydrogen-bond acceptors (Lipinski definition) is 6. The Morgan fingerprint density at radius 1 is 1.00 bits per heavy atom. The first-order chi connectivity index (χ1) is 11.6. The lowest BCUT2D eigenvalue weighted by Gasteiger charge is -2.14. The van der Waals surface area contributed by atoms with Gasteiger partial charge in [-0.1, -0.05) is 0 Å². The van der Waals surface area contributed by atoms with Crippen molar-refractivity contribution in [1.29, 1.82) is 0 Å². The summed E-state index contributed by atoms with van der Waals surface area (Å²) in [6.45, 7) is 5.99. The van der Waals surface area contributed by atoms with Gasteiger partial charge in [-0.25, -0.2) is 14.6 Å². The molecule has 0 bridgehead atoms. The fourth-order valence-corrected chi connectivity index (χ4v) is 2.99.